The SMILES string of the molecule is CCCCN(Cc1ccc2c(c1)Nc1nccnc1S2)C(=O)O. The maximum absolute atomic E-state index is 11.4. The van der Waals surface area contributed by atoms with Gasteiger partial charge < -0.3 is 15.3 Å². The zero-order valence-electron chi connectivity index (χ0n) is 12.8. The van der Waals surface area contributed by atoms with E-state index in [-0.39, 0.29) is 0 Å². The summed E-state index contributed by atoms with van der Waals surface area (Å²) in [5.41, 5.74) is 1.91. The number of nitrogens with zero attached hydrogens (tertiary/aromatic N) is 3. The van der Waals surface area contributed by atoms with E-state index in [0.29, 0.717) is 13.1 Å². The first-order valence-electron chi connectivity index (χ1n) is 7.54. The zero-order chi connectivity index (χ0) is 16.2. The molecule has 0 saturated carbocycles. The molecule has 0 radical (unpaired) electrons. The molecular weight excluding hydrogens is 312 g/mol. The highest BCUT2D eigenvalue weighted by Gasteiger charge is 2.19. The second-order valence-electron chi connectivity index (χ2n) is 5.33. The molecule has 0 atom stereocenters. The van der Waals surface area contributed by atoms with Crippen LogP contribution in [0.3, 0.4) is 0 Å². The van der Waals surface area contributed by atoms with Gasteiger partial charge in [-0.25, -0.2) is 14.8 Å². The number of carboxylic acid groups (broad SMARTS) is 1. The van der Waals surface area contributed by atoms with E-state index in [1.807, 2.05) is 18.2 Å². The highest BCUT2D eigenvalue weighted by molar-refractivity contribution is 7.99. The van der Waals surface area contributed by atoms with Crippen LogP contribution in [0.2, 0.25) is 0 Å². The molecule has 0 bridgehead atoms. The summed E-state index contributed by atoms with van der Waals surface area (Å²) in [6.07, 6.45) is 4.29. The smallest absolute Gasteiger partial charge is 0.407 e. The molecule has 0 saturated heterocycles. The van der Waals surface area contributed by atoms with Gasteiger partial charge in [0.05, 0.1) is 5.69 Å². The average Bonchev–Trinajstić information content (AvgIpc) is 2.56. The van der Waals surface area contributed by atoms with Crippen LogP contribution in [0.15, 0.2) is 40.5 Å². The van der Waals surface area contributed by atoms with Crippen molar-refractivity contribution in [1.82, 2.24) is 14.9 Å². The van der Waals surface area contributed by atoms with Crippen molar-refractivity contribution in [3.63, 3.8) is 0 Å². The van der Waals surface area contributed by atoms with E-state index < -0.39 is 6.09 Å². The summed E-state index contributed by atoms with van der Waals surface area (Å²) in [6.45, 7) is 3.00. The van der Waals surface area contributed by atoms with Crippen LogP contribution in [0.25, 0.3) is 0 Å². The number of hydrogen-bond acceptors (Lipinski definition) is 5. The fourth-order valence-corrected chi connectivity index (χ4v) is 3.27. The molecule has 0 spiro atoms. The van der Waals surface area contributed by atoms with Crippen LogP contribution in [-0.2, 0) is 6.54 Å². The van der Waals surface area contributed by atoms with Gasteiger partial charge in [0.15, 0.2) is 5.82 Å². The molecule has 6 nitrogen and oxygen atoms in total. The molecule has 2 heterocycles. The number of hydrogen-bond donors (Lipinski definition) is 2. The van der Waals surface area contributed by atoms with E-state index in [4.69, 9.17) is 0 Å². The molecule has 1 aromatic heterocycles. The Hall–Kier alpha value is -2.28. The fraction of sp³-hybridized carbons (Fsp3) is 0.312. The molecule has 1 aromatic carbocycles. The largest absolute Gasteiger partial charge is 0.465 e. The van der Waals surface area contributed by atoms with Gasteiger partial charge >= 0.3 is 6.09 Å². The van der Waals surface area contributed by atoms with Gasteiger partial charge in [-0.3, -0.25) is 0 Å². The Bertz CT molecular complexity index is 723. The molecule has 0 unspecified atom stereocenters. The van der Waals surface area contributed by atoms with Crippen molar-refractivity contribution >= 4 is 29.4 Å². The Morgan fingerprint density at radius 1 is 1.35 bits per heavy atom. The van der Waals surface area contributed by atoms with E-state index in [0.717, 1.165) is 39.8 Å². The van der Waals surface area contributed by atoms with Gasteiger partial charge in [-0.05, 0) is 24.1 Å². The fourth-order valence-electron chi connectivity index (χ4n) is 2.39. The summed E-state index contributed by atoms with van der Waals surface area (Å²) >= 11 is 1.56. The van der Waals surface area contributed by atoms with Crippen molar-refractivity contribution in [1.29, 1.82) is 0 Å². The number of benzene rings is 1. The van der Waals surface area contributed by atoms with Crippen LogP contribution in [-0.4, -0.2) is 32.6 Å². The molecule has 1 aliphatic rings. The summed E-state index contributed by atoms with van der Waals surface area (Å²) in [5, 5.41) is 13.4. The molecule has 0 fully saturated rings. The number of aromatic nitrogens is 2. The van der Waals surface area contributed by atoms with Crippen LogP contribution in [0.4, 0.5) is 16.3 Å². The highest BCUT2D eigenvalue weighted by atomic mass is 32.2. The summed E-state index contributed by atoms with van der Waals surface area (Å²) in [5.74, 6) is 0.739. The number of fused-ring (bicyclic) bond motifs is 2. The van der Waals surface area contributed by atoms with Crippen molar-refractivity contribution in [3.05, 3.63) is 36.2 Å². The second kappa shape index (κ2) is 6.87. The third-order valence-corrected chi connectivity index (χ3v) is 4.66. The lowest BCUT2D eigenvalue weighted by Gasteiger charge is -2.22. The number of rotatable bonds is 5. The Kier molecular flexibility index (Phi) is 4.66. The zero-order valence-corrected chi connectivity index (χ0v) is 13.6. The number of anilines is 2. The Balaban J connectivity index is 1.78. The molecule has 3 rings (SSSR count). The molecular formula is C16H18N4O2S. The standard InChI is InChI=1S/C16H18N4O2S/c1-2-3-8-20(16(21)22)10-11-4-5-13-12(9-11)19-14-15(23-13)18-7-6-17-14/h4-7,9H,2-3,8,10H2,1H3,(H,17,19)(H,21,22). The van der Waals surface area contributed by atoms with Crippen molar-refractivity contribution in [2.24, 2.45) is 0 Å². The normalized spacial score (nSPS) is 12.0. The molecule has 1 aliphatic heterocycles. The third kappa shape index (κ3) is 3.56. The minimum absolute atomic E-state index is 0.391. The molecule has 120 valence electrons. The van der Waals surface area contributed by atoms with Crippen molar-refractivity contribution < 1.29 is 9.90 Å². The number of nitrogens with one attached hydrogen (secondary N) is 1. The summed E-state index contributed by atoms with van der Waals surface area (Å²) < 4.78 is 0. The molecule has 2 N–H and O–H groups in total. The third-order valence-electron chi connectivity index (χ3n) is 3.59. The van der Waals surface area contributed by atoms with Gasteiger partial charge in [0.25, 0.3) is 0 Å². The predicted octanol–water partition coefficient (Wildman–Crippen LogP) is 3.96. The van der Waals surface area contributed by atoms with Gasteiger partial charge in [-0.15, -0.1) is 0 Å². The summed E-state index contributed by atoms with van der Waals surface area (Å²) in [4.78, 5) is 22.4. The van der Waals surface area contributed by atoms with Gasteiger partial charge in [-0.1, -0.05) is 31.2 Å². The Morgan fingerprint density at radius 2 is 2.17 bits per heavy atom. The van der Waals surface area contributed by atoms with E-state index >= 15 is 0 Å². The lowest BCUT2D eigenvalue weighted by molar-refractivity contribution is 0.141. The Morgan fingerprint density at radius 3 is 2.96 bits per heavy atom. The maximum atomic E-state index is 11.4. The summed E-state index contributed by atoms with van der Waals surface area (Å²) in [6, 6.07) is 5.96. The average molecular weight is 330 g/mol. The molecule has 23 heavy (non-hydrogen) atoms. The topological polar surface area (TPSA) is 78.3 Å². The number of amides is 1. The monoisotopic (exact) mass is 330 g/mol. The minimum Gasteiger partial charge on any atom is -0.465 e. The van der Waals surface area contributed by atoms with Gasteiger partial charge in [-0.2, -0.15) is 0 Å². The lowest BCUT2D eigenvalue weighted by atomic mass is 10.1. The van der Waals surface area contributed by atoms with E-state index in [1.54, 1.807) is 24.2 Å². The van der Waals surface area contributed by atoms with Crippen LogP contribution >= 0.6 is 11.8 Å². The molecule has 1 amide bonds. The first-order valence-corrected chi connectivity index (χ1v) is 8.35. The first kappa shape index (κ1) is 15.6. The molecule has 2 aromatic rings. The minimum atomic E-state index is -0.880. The van der Waals surface area contributed by atoms with E-state index in [1.165, 1.54) is 4.90 Å². The van der Waals surface area contributed by atoms with Crippen molar-refractivity contribution in [2.75, 3.05) is 11.9 Å². The van der Waals surface area contributed by atoms with Crippen molar-refractivity contribution in [3.8, 4) is 0 Å². The number of carbonyl (C=O) groups is 1. The van der Waals surface area contributed by atoms with Gasteiger partial charge in [0, 0.05) is 30.4 Å². The quantitative estimate of drug-likeness (QED) is 0.737. The first-order chi connectivity index (χ1) is 11.2. The van der Waals surface area contributed by atoms with Crippen LogP contribution in [0, 0.1) is 0 Å². The van der Waals surface area contributed by atoms with Crippen LogP contribution < -0.4 is 5.32 Å². The van der Waals surface area contributed by atoms with E-state index in [9.17, 15) is 9.90 Å². The highest BCUT2D eigenvalue weighted by Crippen LogP contribution is 2.42. The predicted molar refractivity (Wildman–Crippen MR) is 89.2 cm³/mol. The Labute approximate surface area is 139 Å². The van der Waals surface area contributed by atoms with Gasteiger partial charge in [0.2, 0.25) is 0 Å². The van der Waals surface area contributed by atoms with Crippen LogP contribution in [0.1, 0.15) is 25.3 Å². The summed E-state index contributed by atoms with van der Waals surface area (Å²) in [7, 11) is 0. The number of unbranched alkanes of at least 4 members (excludes halogenated alkanes) is 1. The maximum Gasteiger partial charge on any atom is 0.407 e. The lowest BCUT2D eigenvalue weighted by Crippen LogP contribution is -2.29. The second-order valence-corrected chi connectivity index (χ2v) is 6.36. The molecule has 0 aliphatic carbocycles. The van der Waals surface area contributed by atoms with Crippen molar-refractivity contribution in [2.45, 2.75) is 36.2 Å². The molecule has 7 heteroatoms. The van der Waals surface area contributed by atoms with Gasteiger partial charge in [0.1, 0.15) is 5.03 Å². The van der Waals surface area contributed by atoms with Crippen LogP contribution in [0.5, 0.6) is 0 Å². The van der Waals surface area contributed by atoms with E-state index in [2.05, 4.69) is 22.2 Å².